The number of rotatable bonds is 6. The molecule has 0 spiro atoms. The van der Waals surface area contributed by atoms with E-state index in [2.05, 4.69) is 31.2 Å². The Kier molecular flexibility index (Phi) is 5.30. The third kappa shape index (κ3) is 4.34. The summed E-state index contributed by atoms with van der Waals surface area (Å²) in [5, 5.41) is 5.54. The van der Waals surface area contributed by atoms with Gasteiger partial charge in [0.15, 0.2) is 16.7 Å². The molecule has 1 unspecified atom stereocenters. The molecule has 0 aliphatic rings. The number of para-hydroxylation sites is 1. The van der Waals surface area contributed by atoms with E-state index in [1.54, 1.807) is 18.5 Å². The topological polar surface area (TPSA) is 90.1 Å². The largest absolute Gasteiger partial charge is 0.453 e. The summed E-state index contributed by atoms with van der Waals surface area (Å²) < 4.78 is 6.70. The summed E-state index contributed by atoms with van der Waals surface area (Å²) in [7, 11) is 0. The first-order chi connectivity index (χ1) is 12.0. The molecular formula is C17H15BrN4O2S. The molecule has 3 aromatic rings. The van der Waals surface area contributed by atoms with Crippen LogP contribution in [0.2, 0.25) is 0 Å². The van der Waals surface area contributed by atoms with Crippen LogP contribution >= 0.6 is 27.3 Å². The molecule has 1 amide bonds. The van der Waals surface area contributed by atoms with E-state index in [1.165, 1.54) is 11.3 Å². The lowest BCUT2D eigenvalue weighted by Gasteiger charge is -2.11. The van der Waals surface area contributed by atoms with Crippen molar-refractivity contribution in [2.45, 2.75) is 12.8 Å². The summed E-state index contributed by atoms with van der Waals surface area (Å²) in [6.07, 6.45) is 1.67. The van der Waals surface area contributed by atoms with Gasteiger partial charge in [0.05, 0.1) is 11.6 Å². The second-order valence-electron chi connectivity index (χ2n) is 5.24. The van der Waals surface area contributed by atoms with Gasteiger partial charge in [0.25, 0.3) is 0 Å². The van der Waals surface area contributed by atoms with Crippen LogP contribution in [-0.4, -0.2) is 15.9 Å². The van der Waals surface area contributed by atoms with Gasteiger partial charge in [-0.2, -0.15) is 0 Å². The van der Waals surface area contributed by atoms with Gasteiger partial charge in [0.1, 0.15) is 5.75 Å². The molecule has 1 aromatic carbocycles. The number of amides is 1. The summed E-state index contributed by atoms with van der Waals surface area (Å²) in [5.41, 5.74) is 5.95. The number of primary amides is 1. The van der Waals surface area contributed by atoms with Crippen molar-refractivity contribution in [3.8, 4) is 11.5 Å². The van der Waals surface area contributed by atoms with E-state index < -0.39 is 11.8 Å². The Hall–Kier alpha value is -2.45. The molecule has 0 bridgehead atoms. The highest BCUT2D eigenvalue weighted by Crippen LogP contribution is 2.33. The Bertz CT molecular complexity index is 885. The molecule has 8 heteroatoms. The Morgan fingerprint density at radius 1 is 1.36 bits per heavy atom. The number of hydrogen-bond donors (Lipinski definition) is 2. The number of benzene rings is 1. The van der Waals surface area contributed by atoms with Gasteiger partial charge in [-0.3, -0.25) is 4.79 Å². The molecule has 0 saturated heterocycles. The van der Waals surface area contributed by atoms with Crippen molar-refractivity contribution < 1.29 is 9.53 Å². The first-order valence-electron chi connectivity index (χ1n) is 7.43. The van der Waals surface area contributed by atoms with Crippen molar-refractivity contribution in [2.24, 2.45) is 5.73 Å². The monoisotopic (exact) mass is 418 g/mol. The maximum Gasteiger partial charge on any atom is 0.226 e. The molecule has 6 nitrogen and oxygen atoms in total. The predicted octanol–water partition coefficient (Wildman–Crippen LogP) is 4.43. The van der Waals surface area contributed by atoms with Gasteiger partial charge in [0, 0.05) is 22.1 Å². The van der Waals surface area contributed by atoms with Gasteiger partial charge >= 0.3 is 0 Å². The fourth-order valence-corrected chi connectivity index (χ4v) is 3.11. The van der Waals surface area contributed by atoms with Gasteiger partial charge in [-0.05, 0) is 35.0 Å². The van der Waals surface area contributed by atoms with Crippen molar-refractivity contribution in [3.05, 3.63) is 58.1 Å². The van der Waals surface area contributed by atoms with Crippen molar-refractivity contribution in [1.82, 2.24) is 9.97 Å². The highest BCUT2D eigenvalue weighted by atomic mass is 79.9. The number of thiazole rings is 1. The quantitative estimate of drug-likeness (QED) is 0.617. The van der Waals surface area contributed by atoms with Crippen LogP contribution in [0.5, 0.6) is 11.5 Å². The molecule has 3 N–H and O–H groups in total. The predicted molar refractivity (Wildman–Crippen MR) is 101 cm³/mol. The van der Waals surface area contributed by atoms with Crippen molar-refractivity contribution in [2.75, 3.05) is 5.32 Å². The first-order valence-corrected chi connectivity index (χ1v) is 9.10. The van der Waals surface area contributed by atoms with Crippen molar-refractivity contribution in [3.63, 3.8) is 0 Å². The Balaban J connectivity index is 1.84. The lowest BCUT2D eigenvalue weighted by Crippen LogP contribution is -2.18. The fraction of sp³-hybridized carbons (Fsp3) is 0.118. The number of anilines is 2. The Morgan fingerprint density at radius 2 is 2.12 bits per heavy atom. The van der Waals surface area contributed by atoms with Crippen LogP contribution in [0, 0.1) is 0 Å². The summed E-state index contributed by atoms with van der Waals surface area (Å²) in [6.45, 7) is 1.73. The van der Waals surface area contributed by atoms with Crippen molar-refractivity contribution >= 4 is 44.1 Å². The number of pyridine rings is 1. The number of nitrogens with two attached hydrogens (primary N) is 1. The molecule has 2 heterocycles. The van der Waals surface area contributed by atoms with Gasteiger partial charge in [-0.15, -0.1) is 11.3 Å². The molecule has 1 atom stereocenters. The Labute approximate surface area is 157 Å². The summed E-state index contributed by atoms with van der Waals surface area (Å²) in [6, 6.07) is 11.3. The lowest BCUT2D eigenvalue weighted by molar-refractivity contribution is -0.119. The zero-order valence-electron chi connectivity index (χ0n) is 13.3. The normalized spacial score (nSPS) is 11.8. The summed E-state index contributed by atoms with van der Waals surface area (Å²) in [4.78, 5) is 20.0. The Morgan fingerprint density at radius 3 is 2.84 bits per heavy atom. The number of halogens is 1. The maximum atomic E-state index is 11.3. The van der Waals surface area contributed by atoms with Crippen LogP contribution in [0.1, 0.15) is 18.5 Å². The standard InChI is InChI=1S/C17H15BrN4O2S/c1-10(15(19)23)13-9-25-17(21-13)22-16-14(7-11(18)8-20-16)24-12-5-3-2-4-6-12/h2-10H,1H3,(H2,19,23)(H,20,21,22). The van der Waals surface area contributed by atoms with Gasteiger partial charge < -0.3 is 15.8 Å². The van der Waals surface area contributed by atoms with E-state index in [0.29, 0.717) is 28.1 Å². The number of carbonyl (C=O) groups excluding carboxylic acids is 1. The van der Waals surface area contributed by atoms with Crippen molar-refractivity contribution in [1.29, 1.82) is 0 Å². The lowest BCUT2D eigenvalue weighted by atomic mass is 10.1. The molecule has 0 fully saturated rings. The minimum Gasteiger partial charge on any atom is -0.453 e. The molecule has 0 radical (unpaired) electrons. The van der Waals surface area contributed by atoms with Gasteiger partial charge in [-0.25, -0.2) is 9.97 Å². The first kappa shape index (κ1) is 17.4. The highest BCUT2D eigenvalue weighted by molar-refractivity contribution is 9.10. The third-order valence-electron chi connectivity index (χ3n) is 3.41. The molecule has 25 heavy (non-hydrogen) atoms. The number of hydrogen-bond acceptors (Lipinski definition) is 6. The number of ether oxygens (including phenoxy) is 1. The SMILES string of the molecule is CC(C(N)=O)c1csc(Nc2ncc(Br)cc2Oc2ccccc2)n1. The maximum absolute atomic E-state index is 11.3. The van der Waals surface area contributed by atoms with Crippen LogP contribution in [0.25, 0.3) is 0 Å². The van der Waals surface area contributed by atoms with E-state index in [0.717, 1.165) is 4.47 Å². The van der Waals surface area contributed by atoms with E-state index in [9.17, 15) is 4.79 Å². The second kappa shape index (κ2) is 7.62. The van der Waals surface area contributed by atoms with E-state index in [-0.39, 0.29) is 0 Å². The number of carbonyl (C=O) groups is 1. The smallest absolute Gasteiger partial charge is 0.226 e. The molecule has 0 aliphatic carbocycles. The van der Waals surface area contributed by atoms with E-state index in [4.69, 9.17) is 10.5 Å². The average molecular weight is 419 g/mol. The number of aromatic nitrogens is 2. The van der Waals surface area contributed by atoms with Crippen LogP contribution in [0.4, 0.5) is 10.9 Å². The summed E-state index contributed by atoms with van der Waals surface area (Å²) >= 11 is 4.77. The van der Waals surface area contributed by atoms with Crippen LogP contribution in [0.3, 0.4) is 0 Å². The number of nitrogens with one attached hydrogen (secondary N) is 1. The third-order valence-corrected chi connectivity index (χ3v) is 4.62. The molecular weight excluding hydrogens is 404 g/mol. The van der Waals surface area contributed by atoms with Gasteiger partial charge in [-0.1, -0.05) is 18.2 Å². The van der Waals surface area contributed by atoms with Gasteiger partial charge in [0.2, 0.25) is 5.91 Å². The molecule has 0 aliphatic heterocycles. The second-order valence-corrected chi connectivity index (χ2v) is 7.02. The zero-order valence-corrected chi connectivity index (χ0v) is 15.7. The van der Waals surface area contributed by atoms with Crippen LogP contribution < -0.4 is 15.8 Å². The van der Waals surface area contributed by atoms with E-state index in [1.807, 2.05) is 36.4 Å². The molecule has 128 valence electrons. The minimum atomic E-state index is -0.440. The van der Waals surface area contributed by atoms with Crippen LogP contribution in [0.15, 0.2) is 52.4 Å². The fourth-order valence-electron chi connectivity index (χ4n) is 2.00. The summed E-state index contributed by atoms with van der Waals surface area (Å²) in [5.74, 6) is 0.934. The van der Waals surface area contributed by atoms with Crippen LogP contribution in [-0.2, 0) is 4.79 Å². The minimum absolute atomic E-state index is 0.410. The highest BCUT2D eigenvalue weighted by Gasteiger charge is 2.16. The zero-order chi connectivity index (χ0) is 17.8. The number of nitrogens with zero attached hydrogens (tertiary/aromatic N) is 2. The molecule has 2 aromatic heterocycles. The molecule has 3 rings (SSSR count). The molecule has 0 saturated carbocycles. The van der Waals surface area contributed by atoms with E-state index >= 15 is 0 Å². The average Bonchev–Trinajstić information content (AvgIpc) is 3.06.